The third kappa shape index (κ3) is 2.41. The first-order valence-corrected chi connectivity index (χ1v) is 5.51. The second kappa shape index (κ2) is 4.24. The van der Waals surface area contributed by atoms with Gasteiger partial charge in [0.25, 0.3) is 0 Å². The Hall–Kier alpha value is -0.380. The number of hydrogen-bond acceptors (Lipinski definition) is 4. The Morgan fingerprint density at radius 2 is 2.07 bits per heavy atom. The lowest BCUT2D eigenvalue weighted by Gasteiger charge is -2.33. The van der Waals surface area contributed by atoms with Crippen molar-refractivity contribution >= 4 is 10.0 Å². The van der Waals surface area contributed by atoms with Gasteiger partial charge in [-0.05, 0) is 0 Å². The van der Waals surface area contributed by atoms with E-state index in [0.29, 0.717) is 0 Å². The summed E-state index contributed by atoms with van der Waals surface area (Å²) in [6, 6.07) is -1.16. The van der Waals surface area contributed by atoms with E-state index in [1.54, 1.807) is 0 Å². The van der Waals surface area contributed by atoms with Gasteiger partial charge in [0.1, 0.15) is 0 Å². The number of ether oxygens (including phenoxy) is 1. The Balaban J connectivity index is 2.94. The highest BCUT2D eigenvalue weighted by Gasteiger charge is 2.52. The minimum atomic E-state index is -5.37. The molecule has 1 saturated heterocycles. The van der Waals surface area contributed by atoms with E-state index >= 15 is 0 Å². The lowest BCUT2D eigenvalue weighted by molar-refractivity contribution is -0.0583. The van der Waals surface area contributed by atoms with Crippen molar-refractivity contribution in [2.45, 2.75) is 11.6 Å². The first kappa shape index (κ1) is 12.7. The van der Waals surface area contributed by atoms with Crippen LogP contribution in [-0.2, 0) is 14.8 Å². The monoisotopic (exact) mass is 249 g/mol. The summed E-state index contributed by atoms with van der Waals surface area (Å²) in [6.45, 7) is -1.43. The van der Waals surface area contributed by atoms with E-state index < -0.39 is 34.7 Å². The number of hydrogen-bond donors (Lipinski definition) is 1. The standard InChI is InChI=1S/C6H10F3NO4S/c7-6(8,9)15(12,13)10-1-2-14-4-5(10)3-11/h5,11H,1-4H2. The zero-order valence-corrected chi connectivity index (χ0v) is 8.38. The van der Waals surface area contributed by atoms with Gasteiger partial charge in [0, 0.05) is 6.54 Å². The number of alkyl halides is 3. The molecule has 0 amide bonds. The third-order valence-electron chi connectivity index (χ3n) is 1.99. The van der Waals surface area contributed by atoms with Crippen molar-refractivity contribution in [1.29, 1.82) is 0 Å². The molecule has 1 fully saturated rings. The fraction of sp³-hybridized carbons (Fsp3) is 1.00. The SMILES string of the molecule is O=S(=O)(N1CCOCC1CO)C(F)(F)F. The second-order valence-corrected chi connectivity index (χ2v) is 4.85. The van der Waals surface area contributed by atoms with Gasteiger partial charge in [0.15, 0.2) is 0 Å². The van der Waals surface area contributed by atoms with Gasteiger partial charge in [-0.1, -0.05) is 0 Å². The van der Waals surface area contributed by atoms with Gasteiger partial charge in [-0.15, -0.1) is 0 Å². The maximum absolute atomic E-state index is 12.2. The Labute approximate surface area is 84.5 Å². The van der Waals surface area contributed by atoms with Gasteiger partial charge in [0.2, 0.25) is 0 Å². The highest BCUT2D eigenvalue weighted by atomic mass is 32.2. The summed E-state index contributed by atoms with van der Waals surface area (Å²) >= 11 is 0. The van der Waals surface area contributed by atoms with Crippen molar-refractivity contribution in [2.75, 3.05) is 26.4 Å². The number of nitrogens with zero attached hydrogens (tertiary/aromatic N) is 1. The molecule has 1 N–H and O–H groups in total. The van der Waals surface area contributed by atoms with Crippen LogP contribution in [0.2, 0.25) is 0 Å². The largest absolute Gasteiger partial charge is 0.511 e. The third-order valence-corrected chi connectivity index (χ3v) is 3.67. The van der Waals surface area contributed by atoms with Crippen molar-refractivity contribution in [3.05, 3.63) is 0 Å². The molecule has 0 aliphatic carbocycles. The molecule has 0 spiro atoms. The molecule has 0 bridgehead atoms. The average Bonchev–Trinajstić information content (AvgIpc) is 2.16. The molecule has 0 saturated carbocycles. The van der Waals surface area contributed by atoms with Crippen LogP contribution in [0.5, 0.6) is 0 Å². The smallest absolute Gasteiger partial charge is 0.395 e. The van der Waals surface area contributed by atoms with E-state index in [-0.39, 0.29) is 17.5 Å². The number of rotatable bonds is 2. The molecule has 15 heavy (non-hydrogen) atoms. The molecular formula is C6H10F3NO4S. The highest BCUT2D eigenvalue weighted by Crippen LogP contribution is 2.29. The Morgan fingerprint density at radius 3 is 2.53 bits per heavy atom. The van der Waals surface area contributed by atoms with E-state index in [9.17, 15) is 21.6 Å². The Kier molecular flexibility index (Phi) is 3.59. The van der Waals surface area contributed by atoms with Crippen LogP contribution in [0.3, 0.4) is 0 Å². The van der Waals surface area contributed by atoms with Crippen LogP contribution in [0.4, 0.5) is 13.2 Å². The van der Waals surface area contributed by atoms with E-state index in [0.717, 1.165) is 0 Å². The fourth-order valence-corrected chi connectivity index (χ4v) is 2.33. The number of morpholine rings is 1. The molecule has 1 aliphatic heterocycles. The van der Waals surface area contributed by atoms with Crippen molar-refractivity contribution in [3.8, 4) is 0 Å². The van der Waals surface area contributed by atoms with Crippen molar-refractivity contribution in [1.82, 2.24) is 4.31 Å². The van der Waals surface area contributed by atoms with Crippen LogP contribution in [-0.4, -0.2) is 55.7 Å². The van der Waals surface area contributed by atoms with Crippen LogP contribution < -0.4 is 0 Å². The maximum Gasteiger partial charge on any atom is 0.511 e. The molecule has 0 aromatic carbocycles. The molecule has 0 aromatic rings. The summed E-state index contributed by atoms with van der Waals surface area (Å²) in [5, 5.41) is 8.74. The van der Waals surface area contributed by atoms with Gasteiger partial charge in [-0.3, -0.25) is 0 Å². The molecule has 5 nitrogen and oxygen atoms in total. The van der Waals surface area contributed by atoms with Crippen LogP contribution in [0.15, 0.2) is 0 Å². The van der Waals surface area contributed by atoms with Gasteiger partial charge >= 0.3 is 15.5 Å². The van der Waals surface area contributed by atoms with Gasteiger partial charge < -0.3 is 9.84 Å². The molecule has 9 heteroatoms. The van der Waals surface area contributed by atoms with Crippen LogP contribution in [0.25, 0.3) is 0 Å². The molecule has 0 radical (unpaired) electrons. The first-order valence-electron chi connectivity index (χ1n) is 4.07. The van der Waals surface area contributed by atoms with Gasteiger partial charge in [-0.2, -0.15) is 17.5 Å². The summed E-state index contributed by atoms with van der Waals surface area (Å²) < 4.78 is 63.6. The quantitative estimate of drug-likeness (QED) is 0.718. The van der Waals surface area contributed by atoms with Gasteiger partial charge in [-0.25, -0.2) is 8.42 Å². The molecule has 1 aliphatic rings. The predicted molar refractivity (Wildman–Crippen MR) is 43.4 cm³/mol. The van der Waals surface area contributed by atoms with Crippen LogP contribution in [0.1, 0.15) is 0 Å². The van der Waals surface area contributed by atoms with E-state index in [2.05, 4.69) is 0 Å². The van der Waals surface area contributed by atoms with Crippen LogP contribution >= 0.6 is 0 Å². The highest BCUT2D eigenvalue weighted by molar-refractivity contribution is 7.90. The number of aliphatic hydroxyl groups is 1. The lowest BCUT2D eigenvalue weighted by atomic mass is 10.3. The van der Waals surface area contributed by atoms with Gasteiger partial charge in [0.05, 0.1) is 25.9 Å². The maximum atomic E-state index is 12.2. The van der Waals surface area contributed by atoms with Crippen molar-refractivity contribution < 1.29 is 31.4 Å². The van der Waals surface area contributed by atoms with E-state index in [1.807, 2.05) is 0 Å². The predicted octanol–water partition coefficient (Wildman–Crippen LogP) is -0.471. The molecule has 90 valence electrons. The topological polar surface area (TPSA) is 66.8 Å². The minimum Gasteiger partial charge on any atom is -0.395 e. The molecule has 1 atom stereocenters. The fourth-order valence-electron chi connectivity index (χ4n) is 1.23. The Morgan fingerprint density at radius 1 is 1.47 bits per heavy atom. The Bertz CT molecular complexity index is 315. The van der Waals surface area contributed by atoms with Crippen LogP contribution in [0, 0.1) is 0 Å². The summed E-state index contributed by atoms with van der Waals surface area (Å²) in [6.07, 6.45) is 0. The summed E-state index contributed by atoms with van der Waals surface area (Å²) in [7, 11) is -5.37. The summed E-state index contributed by atoms with van der Waals surface area (Å²) in [4.78, 5) is 0. The molecular weight excluding hydrogens is 239 g/mol. The van der Waals surface area contributed by atoms with Crippen molar-refractivity contribution in [3.63, 3.8) is 0 Å². The minimum absolute atomic E-state index is 0.105. The number of halogens is 3. The molecule has 1 unspecified atom stereocenters. The summed E-state index contributed by atoms with van der Waals surface area (Å²) in [5.41, 5.74) is -5.34. The van der Waals surface area contributed by atoms with Crippen molar-refractivity contribution in [2.24, 2.45) is 0 Å². The number of sulfonamides is 1. The molecule has 1 heterocycles. The zero-order chi connectivity index (χ0) is 11.7. The normalized spacial score (nSPS) is 25.5. The summed E-state index contributed by atoms with van der Waals surface area (Å²) in [5.74, 6) is 0. The molecule has 0 aromatic heterocycles. The first-order chi connectivity index (χ1) is 6.80. The number of aliphatic hydroxyl groups excluding tert-OH is 1. The second-order valence-electron chi connectivity index (χ2n) is 2.97. The average molecular weight is 249 g/mol. The lowest BCUT2D eigenvalue weighted by Crippen LogP contribution is -2.54. The van der Waals surface area contributed by atoms with E-state index in [4.69, 9.17) is 9.84 Å². The molecule has 1 rings (SSSR count). The zero-order valence-electron chi connectivity index (χ0n) is 7.57. The van der Waals surface area contributed by atoms with E-state index in [1.165, 1.54) is 0 Å².